The third kappa shape index (κ3) is 11.8. The van der Waals surface area contributed by atoms with Crippen molar-refractivity contribution in [1.29, 1.82) is 0 Å². The van der Waals surface area contributed by atoms with E-state index in [9.17, 15) is 15.0 Å². The Morgan fingerprint density at radius 3 is 2.21 bits per heavy atom. The van der Waals surface area contributed by atoms with Crippen LogP contribution in [0, 0.1) is 0 Å². The van der Waals surface area contributed by atoms with E-state index >= 15 is 0 Å². The highest BCUT2D eigenvalue weighted by atomic mass is 16.7. The maximum absolute atomic E-state index is 10.3. The summed E-state index contributed by atoms with van der Waals surface area (Å²) in [7, 11) is 0. The Balaban J connectivity index is 1.91. The lowest BCUT2D eigenvalue weighted by Crippen LogP contribution is -2.48. The van der Waals surface area contributed by atoms with Gasteiger partial charge in [0.05, 0.1) is 18.3 Å². The maximum Gasteiger partial charge on any atom is 0.327 e. The molecule has 3 N–H and O–H groups in total. The fourth-order valence-corrected chi connectivity index (χ4v) is 3.48. The van der Waals surface area contributed by atoms with Gasteiger partial charge in [-0.05, 0) is 33.1 Å². The summed E-state index contributed by atoms with van der Waals surface area (Å²) in [6, 6.07) is 0. The zero-order chi connectivity index (χ0) is 20.8. The van der Waals surface area contributed by atoms with Crippen LogP contribution in [0.1, 0.15) is 90.9 Å². The molecule has 0 spiro atoms. The second-order valence-corrected chi connectivity index (χ2v) is 8.03. The van der Waals surface area contributed by atoms with Gasteiger partial charge in [-0.2, -0.15) is 0 Å². The first kappa shape index (κ1) is 25.1. The van der Waals surface area contributed by atoms with Crippen LogP contribution < -0.4 is 0 Å². The van der Waals surface area contributed by atoms with Gasteiger partial charge >= 0.3 is 5.97 Å². The van der Waals surface area contributed by atoms with Gasteiger partial charge in [0.1, 0.15) is 6.10 Å². The number of carboxylic acids is 1. The second-order valence-electron chi connectivity index (χ2n) is 8.03. The highest BCUT2D eigenvalue weighted by Gasteiger charge is 2.35. The summed E-state index contributed by atoms with van der Waals surface area (Å²) >= 11 is 0. The molecule has 1 aliphatic heterocycles. The fourth-order valence-electron chi connectivity index (χ4n) is 3.48. The molecule has 6 nitrogen and oxygen atoms in total. The fraction of sp³-hybridized carbons (Fsp3) is 0.864. The molecule has 0 bridgehead atoms. The monoisotopic (exact) mass is 400 g/mol. The Hall–Kier alpha value is -0.950. The smallest absolute Gasteiger partial charge is 0.327 e. The van der Waals surface area contributed by atoms with Gasteiger partial charge in [-0.3, -0.25) is 0 Å². The molecule has 0 aromatic rings. The summed E-state index contributed by atoms with van der Waals surface area (Å²) in [4.78, 5) is 10.3. The van der Waals surface area contributed by atoms with E-state index < -0.39 is 24.5 Å². The minimum Gasteiger partial charge on any atom is -0.478 e. The van der Waals surface area contributed by atoms with Gasteiger partial charge in [0.15, 0.2) is 6.29 Å². The topological polar surface area (TPSA) is 96.2 Å². The van der Waals surface area contributed by atoms with Crippen LogP contribution in [0.4, 0.5) is 0 Å². The number of allylic oxidation sites excluding steroid dienone is 1. The third-order valence-corrected chi connectivity index (χ3v) is 5.30. The second kappa shape index (κ2) is 15.0. The van der Waals surface area contributed by atoms with Crippen molar-refractivity contribution in [3.05, 3.63) is 12.2 Å². The molecule has 1 aliphatic rings. The Kier molecular flexibility index (Phi) is 13.4. The van der Waals surface area contributed by atoms with Crippen molar-refractivity contribution in [2.24, 2.45) is 0 Å². The van der Waals surface area contributed by atoms with E-state index in [-0.39, 0.29) is 12.2 Å². The Bertz CT molecular complexity index is 439. The average molecular weight is 401 g/mol. The SMILES string of the molecule is C[C@H](CCCCCCCCCCC/C=C/C(=O)O)O[C@@H]1O[C@@H](C)[C@H](O)C[C@H]1O. The molecular weight excluding hydrogens is 360 g/mol. The van der Waals surface area contributed by atoms with Gasteiger partial charge < -0.3 is 24.8 Å². The van der Waals surface area contributed by atoms with E-state index in [1.54, 1.807) is 13.0 Å². The molecular formula is C22H40O6. The van der Waals surface area contributed by atoms with E-state index in [0.29, 0.717) is 6.42 Å². The molecule has 1 saturated heterocycles. The van der Waals surface area contributed by atoms with Crippen molar-refractivity contribution in [3.8, 4) is 0 Å². The molecule has 0 amide bonds. The van der Waals surface area contributed by atoms with Gasteiger partial charge in [0.2, 0.25) is 0 Å². The molecule has 0 aromatic heterocycles. The minimum atomic E-state index is -0.865. The maximum atomic E-state index is 10.3. The molecule has 1 rings (SSSR count). The number of aliphatic hydroxyl groups excluding tert-OH is 2. The molecule has 1 fully saturated rings. The molecule has 0 aliphatic carbocycles. The van der Waals surface area contributed by atoms with E-state index in [0.717, 1.165) is 25.7 Å². The normalized spacial score (nSPS) is 26.6. The Morgan fingerprint density at radius 2 is 1.61 bits per heavy atom. The zero-order valence-corrected chi connectivity index (χ0v) is 17.6. The summed E-state index contributed by atoms with van der Waals surface area (Å²) in [6.45, 7) is 3.81. The lowest BCUT2D eigenvalue weighted by molar-refractivity contribution is -0.273. The first-order chi connectivity index (χ1) is 13.4. The number of hydrogen-bond donors (Lipinski definition) is 3. The molecule has 28 heavy (non-hydrogen) atoms. The summed E-state index contributed by atoms with van der Waals surface area (Å²) in [5.41, 5.74) is 0. The number of ether oxygens (including phenoxy) is 2. The van der Waals surface area contributed by atoms with Crippen LogP contribution in [-0.2, 0) is 14.3 Å². The summed E-state index contributed by atoms with van der Waals surface area (Å²) in [5, 5.41) is 28.1. The number of aliphatic hydroxyl groups is 2. The third-order valence-electron chi connectivity index (χ3n) is 5.30. The van der Waals surface area contributed by atoms with Gasteiger partial charge in [-0.15, -0.1) is 0 Å². The molecule has 164 valence electrons. The van der Waals surface area contributed by atoms with Crippen molar-refractivity contribution in [3.63, 3.8) is 0 Å². The number of aliphatic carboxylic acids is 1. The van der Waals surface area contributed by atoms with Crippen LogP contribution in [0.3, 0.4) is 0 Å². The van der Waals surface area contributed by atoms with E-state index in [1.165, 1.54) is 51.0 Å². The van der Waals surface area contributed by atoms with Crippen molar-refractivity contribution in [1.82, 2.24) is 0 Å². The zero-order valence-electron chi connectivity index (χ0n) is 17.6. The number of hydrogen-bond acceptors (Lipinski definition) is 5. The minimum absolute atomic E-state index is 0.0391. The standard InChI is InChI=1S/C22H40O6/c1-17(27-22-20(24)16-19(23)18(2)28-22)14-12-10-8-6-4-3-5-7-9-11-13-15-21(25)26/h13,15,17-20,22-24H,3-12,14,16H2,1-2H3,(H,25,26)/b15-13+/t17-,18+,19-,20-,22-/m1/s1. The van der Waals surface area contributed by atoms with E-state index in [2.05, 4.69) is 0 Å². The number of unbranched alkanes of at least 4 members (excludes halogenated alkanes) is 9. The predicted molar refractivity (Wildman–Crippen MR) is 109 cm³/mol. The lowest BCUT2D eigenvalue weighted by atomic mass is 10.0. The van der Waals surface area contributed by atoms with Crippen molar-refractivity contribution < 1.29 is 29.6 Å². The van der Waals surface area contributed by atoms with Crippen molar-refractivity contribution in [2.75, 3.05) is 0 Å². The molecule has 0 unspecified atom stereocenters. The molecule has 5 atom stereocenters. The van der Waals surface area contributed by atoms with Gasteiger partial charge in [-0.25, -0.2) is 4.79 Å². The molecule has 1 heterocycles. The first-order valence-corrected chi connectivity index (χ1v) is 11.0. The number of carboxylic acid groups (broad SMARTS) is 1. The summed E-state index contributed by atoms with van der Waals surface area (Å²) < 4.78 is 11.4. The Labute approximate surface area is 169 Å². The first-order valence-electron chi connectivity index (χ1n) is 11.0. The highest BCUT2D eigenvalue weighted by Crippen LogP contribution is 2.23. The number of rotatable bonds is 15. The molecule has 0 radical (unpaired) electrons. The van der Waals surface area contributed by atoms with Crippen LogP contribution in [-0.4, -0.2) is 52.0 Å². The summed E-state index contributed by atoms with van der Waals surface area (Å²) in [6.07, 6.45) is 13.6. The van der Waals surface area contributed by atoms with Gasteiger partial charge in [-0.1, -0.05) is 57.4 Å². The molecule has 0 aromatic carbocycles. The predicted octanol–water partition coefficient (Wildman–Crippen LogP) is 4.18. The van der Waals surface area contributed by atoms with E-state index in [1.807, 2.05) is 6.92 Å². The van der Waals surface area contributed by atoms with Crippen LogP contribution in [0.2, 0.25) is 0 Å². The van der Waals surface area contributed by atoms with Crippen LogP contribution in [0.15, 0.2) is 12.2 Å². The van der Waals surface area contributed by atoms with Crippen molar-refractivity contribution in [2.45, 2.75) is 122 Å². The van der Waals surface area contributed by atoms with Crippen molar-refractivity contribution >= 4 is 5.97 Å². The van der Waals surface area contributed by atoms with Crippen LogP contribution in [0.5, 0.6) is 0 Å². The summed E-state index contributed by atoms with van der Waals surface area (Å²) in [5.74, 6) is -0.865. The lowest BCUT2D eigenvalue weighted by Gasteiger charge is -2.36. The molecule has 0 saturated carbocycles. The largest absolute Gasteiger partial charge is 0.478 e. The van der Waals surface area contributed by atoms with E-state index in [4.69, 9.17) is 14.6 Å². The van der Waals surface area contributed by atoms with Crippen LogP contribution in [0.25, 0.3) is 0 Å². The Morgan fingerprint density at radius 1 is 1.04 bits per heavy atom. The number of carbonyl (C=O) groups is 1. The van der Waals surface area contributed by atoms with Gasteiger partial charge in [0.25, 0.3) is 0 Å². The quantitative estimate of drug-likeness (QED) is 0.282. The molecule has 6 heteroatoms. The average Bonchev–Trinajstić information content (AvgIpc) is 2.63. The van der Waals surface area contributed by atoms with Gasteiger partial charge in [0, 0.05) is 12.5 Å². The van der Waals surface area contributed by atoms with Crippen LogP contribution >= 0.6 is 0 Å². The highest BCUT2D eigenvalue weighted by molar-refractivity contribution is 5.79.